The third-order valence-electron chi connectivity index (χ3n) is 3.81. The molecule has 2 rings (SSSR count). The first kappa shape index (κ1) is 21.9. The van der Waals surface area contributed by atoms with Crippen molar-refractivity contribution in [3.8, 4) is 5.75 Å². The number of nitrogens with zero attached hydrogens (tertiary/aromatic N) is 1. The lowest BCUT2D eigenvalue weighted by atomic mass is 10.2. The molecule has 0 saturated heterocycles. The molecule has 0 atom stereocenters. The molecule has 2 amide bonds. The number of hydrogen-bond donors (Lipinski definition) is 1. The van der Waals surface area contributed by atoms with Crippen molar-refractivity contribution in [2.75, 3.05) is 32.6 Å². The zero-order chi connectivity index (χ0) is 21.4. The van der Waals surface area contributed by atoms with Gasteiger partial charge in [0, 0.05) is 25.3 Å². The second-order valence-corrected chi connectivity index (χ2v) is 7.13. The van der Waals surface area contributed by atoms with Crippen molar-refractivity contribution in [3.63, 3.8) is 0 Å². The largest absolute Gasteiger partial charge is 0.493 e. The number of nitrogens with one attached hydrogen (secondary N) is 1. The Bertz CT molecular complexity index is 860. The van der Waals surface area contributed by atoms with Crippen LogP contribution in [0.25, 0.3) is 0 Å². The minimum Gasteiger partial charge on any atom is -0.493 e. The van der Waals surface area contributed by atoms with Crippen LogP contribution in [0.2, 0.25) is 0 Å². The fourth-order valence-electron chi connectivity index (χ4n) is 2.34. The molecular formula is C22H26N2O5. The molecule has 154 valence electrons. The van der Waals surface area contributed by atoms with Crippen LogP contribution in [0.3, 0.4) is 0 Å². The molecule has 0 heterocycles. The van der Waals surface area contributed by atoms with Gasteiger partial charge in [0.05, 0.1) is 12.2 Å². The molecule has 2 aromatic carbocycles. The smallest absolute Gasteiger partial charge is 0.338 e. The van der Waals surface area contributed by atoms with Gasteiger partial charge < -0.3 is 19.7 Å². The Morgan fingerprint density at radius 1 is 1.00 bits per heavy atom. The van der Waals surface area contributed by atoms with Crippen molar-refractivity contribution in [1.29, 1.82) is 0 Å². The first-order valence-electron chi connectivity index (χ1n) is 9.28. The number of benzene rings is 2. The zero-order valence-corrected chi connectivity index (χ0v) is 17.1. The average Bonchev–Trinajstić information content (AvgIpc) is 2.70. The second-order valence-electron chi connectivity index (χ2n) is 7.13. The molecule has 0 aliphatic rings. The van der Waals surface area contributed by atoms with Crippen LogP contribution >= 0.6 is 0 Å². The SMILES string of the molecule is CC(C)COc1cccc(C(=O)OCC(=O)Nc2ccc(C(=O)N(C)C)cc2)c1. The summed E-state index contributed by atoms with van der Waals surface area (Å²) in [5.74, 6) is -0.273. The maximum Gasteiger partial charge on any atom is 0.338 e. The number of amides is 2. The lowest BCUT2D eigenvalue weighted by molar-refractivity contribution is -0.119. The van der Waals surface area contributed by atoms with E-state index in [0.717, 1.165) is 0 Å². The van der Waals surface area contributed by atoms with Gasteiger partial charge in [-0.2, -0.15) is 0 Å². The van der Waals surface area contributed by atoms with E-state index in [1.165, 1.54) is 4.90 Å². The first-order chi connectivity index (χ1) is 13.8. The second kappa shape index (κ2) is 10.3. The van der Waals surface area contributed by atoms with Gasteiger partial charge in [-0.1, -0.05) is 19.9 Å². The lowest BCUT2D eigenvalue weighted by Gasteiger charge is -2.11. The van der Waals surface area contributed by atoms with Crippen LogP contribution < -0.4 is 10.1 Å². The van der Waals surface area contributed by atoms with Crippen molar-refractivity contribution in [2.45, 2.75) is 13.8 Å². The van der Waals surface area contributed by atoms with Gasteiger partial charge in [-0.3, -0.25) is 9.59 Å². The van der Waals surface area contributed by atoms with Gasteiger partial charge >= 0.3 is 5.97 Å². The summed E-state index contributed by atoms with van der Waals surface area (Å²) in [4.78, 5) is 37.5. The monoisotopic (exact) mass is 398 g/mol. The number of ether oxygens (including phenoxy) is 2. The van der Waals surface area contributed by atoms with Gasteiger partial charge in [0.15, 0.2) is 6.61 Å². The molecular weight excluding hydrogens is 372 g/mol. The quantitative estimate of drug-likeness (QED) is 0.690. The van der Waals surface area contributed by atoms with Gasteiger partial charge in [0.1, 0.15) is 5.75 Å². The predicted molar refractivity (Wildman–Crippen MR) is 110 cm³/mol. The molecule has 2 aromatic rings. The van der Waals surface area contributed by atoms with Crippen LogP contribution in [0.4, 0.5) is 5.69 Å². The fourth-order valence-corrected chi connectivity index (χ4v) is 2.34. The van der Waals surface area contributed by atoms with Crippen LogP contribution in [-0.4, -0.2) is 50.0 Å². The number of hydrogen-bond acceptors (Lipinski definition) is 5. The third kappa shape index (κ3) is 6.95. The lowest BCUT2D eigenvalue weighted by Crippen LogP contribution is -2.22. The van der Waals surface area contributed by atoms with E-state index in [1.807, 2.05) is 13.8 Å². The average molecular weight is 398 g/mol. The first-order valence-corrected chi connectivity index (χ1v) is 9.28. The van der Waals surface area contributed by atoms with Crippen LogP contribution in [0.5, 0.6) is 5.75 Å². The highest BCUT2D eigenvalue weighted by molar-refractivity contribution is 5.97. The van der Waals surface area contributed by atoms with Crippen molar-refractivity contribution in [3.05, 3.63) is 59.7 Å². The van der Waals surface area contributed by atoms with Crippen molar-refractivity contribution in [1.82, 2.24) is 4.90 Å². The minimum atomic E-state index is -0.609. The van der Waals surface area contributed by atoms with E-state index in [1.54, 1.807) is 62.6 Å². The summed E-state index contributed by atoms with van der Waals surface area (Å²) >= 11 is 0. The molecule has 0 aliphatic heterocycles. The molecule has 0 spiro atoms. The van der Waals surface area contributed by atoms with Crippen LogP contribution in [0.15, 0.2) is 48.5 Å². The highest BCUT2D eigenvalue weighted by Crippen LogP contribution is 2.15. The molecule has 0 unspecified atom stereocenters. The Hall–Kier alpha value is -3.35. The van der Waals surface area contributed by atoms with E-state index in [4.69, 9.17) is 9.47 Å². The molecule has 29 heavy (non-hydrogen) atoms. The molecule has 7 heteroatoms. The van der Waals surface area contributed by atoms with Gasteiger partial charge in [-0.25, -0.2) is 4.79 Å². The fraction of sp³-hybridized carbons (Fsp3) is 0.318. The summed E-state index contributed by atoms with van der Waals surface area (Å²) in [6.45, 7) is 4.18. The molecule has 0 aromatic heterocycles. The summed E-state index contributed by atoms with van der Waals surface area (Å²) in [5.41, 5.74) is 1.33. The number of anilines is 1. The molecule has 0 fully saturated rings. The number of rotatable bonds is 8. The van der Waals surface area contributed by atoms with Crippen LogP contribution in [0, 0.1) is 5.92 Å². The van der Waals surface area contributed by atoms with E-state index in [2.05, 4.69) is 5.32 Å². The van der Waals surface area contributed by atoms with E-state index in [-0.39, 0.29) is 5.91 Å². The molecule has 0 bridgehead atoms. The maximum atomic E-state index is 12.2. The Balaban J connectivity index is 1.86. The van der Waals surface area contributed by atoms with Gasteiger partial charge in [0.2, 0.25) is 0 Å². The zero-order valence-electron chi connectivity index (χ0n) is 17.1. The summed E-state index contributed by atoms with van der Waals surface area (Å²) in [6.07, 6.45) is 0. The van der Waals surface area contributed by atoms with Crippen molar-refractivity contribution in [2.24, 2.45) is 5.92 Å². The third-order valence-corrected chi connectivity index (χ3v) is 3.81. The minimum absolute atomic E-state index is 0.128. The standard InChI is InChI=1S/C22H26N2O5/c1-15(2)13-28-19-7-5-6-17(12-19)22(27)29-14-20(25)23-18-10-8-16(9-11-18)21(26)24(3)4/h5-12,15H,13-14H2,1-4H3,(H,23,25). The van der Waals surface area contributed by atoms with E-state index in [9.17, 15) is 14.4 Å². The summed E-state index contributed by atoms with van der Waals surface area (Å²) in [5, 5.41) is 2.62. The molecule has 0 aliphatic carbocycles. The van der Waals surface area contributed by atoms with Crippen LogP contribution in [0.1, 0.15) is 34.6 Å². The maximum absolute atomic E-state index is 12.2. The molecule has 0 radical (unpaired) electrons. The van der Waals surface area contributed by atoms with E-state index in [0.29, 0.717) is 35.1 Å². The Kier molecular flexibility index (Phi) is 7.77. The molecule has 1 N–H and O–H groups in total. The van der Waals surface area contributed by atoms with Gasteiger partial charge in [-0.05, 0) is 48.4 Å². The number of carbonyl (C=O) groups excluding carboxylic acids is 3. The highest BCUT2D eigenvalue weighted by Gasteiger charge is 2.12. The highest BCUT2D eigenvalue weighted by atomic mass is 16.5. The summed E-state index contributed by atoms with van der Waals surface area (Å²) < 4.78 is 10.7. The Morgan fingerprint density at radius 2 is 1.69 bits per heavy atom. The van der Waals surface area contributed by atoms with E-state index >= 15 is 0 Å². The summed E-state index contributed by atoms with van der Waals surface area (Å²) in [7, 11) is 3.33. The summed E-state index contributed by atoms with van der Waals surface area (Å²) in [6, 6.07) is 13.1. The van der Waals surface area contributed by atoms with Crippen LogP contribution in [-0.2, 0) is 9.53 Å². The van der Waals surface area contributed by atoms with Gasteiger partial charge in [0.25, 0.3) is 11.8 Å². The number of esters is 1. The normalized spacial score (nSPS) is 10.4. The molecule has 7 nitrogen and oxygen atoms in total. The Morgan fingerprint density at radius 3 is 2.31 bits per heavy atom. The predicted octanol–water partition coefficient (Wildman–Crippen LogP) is 3.22. The Labute approximate surface area is 170 Å². The topological polar surface area (TPSA) is 84.9 Å². The van der Waals surface area contributed by atoms with Crippen molar-refractivity contribution < 1.29 is 23.9 Å². The van der Waals surface area contributed by atoms with E-state index < -0.39 is 18.5 Å². The molecule has 0 saturated carbocycles. The van der Waals surface area contributed by atoms with Gasteiger partial charge in [-0.15, -0.1) is 0 Å². The number of carbonyl (C=O) groups is 3. The van der Waals surface area contributed by atoms with Crippen molar-refractivity contribution >= 4 is 23.5 Å².